The molecule has 0 heterocycles. The molecule has 0 saturated heterocycles. The Morgan fingerprint density at radius 2 is 2.00 bits per heavy atom. The summed E-state index contributed by atoms with van der Waals surface area (Å²) in [6.07, 6.45) is 0.978. The van der Waals surface area contributed by atoms with E-state index in [1.807, 2.05) is 25.1 Å². The molecule has 1 aromatic rings. The zero-order valence-electron chi connectivity index (χ0n) is 10.9. The van der Waals surface area contributed by atoms with Gasteiger partial charge in [0.05, 0.1) is 0 Å². The summed E-state index contributed by atoms with van der Waals surface area (Å²) in [5.41, 5.74) is 1.98. The maximum absolute atomic E-state index is 12.0. The highest BCUT2D eigenvalue weighted by Gasteiger charge is 2.13. The molecule has 2 nitrogen and oxygen atoms in total. The summed E-state index contributed by atoms with van der Waals surface area (Å²) < 4.78 is 0.973. The van der Waals surface area contributed by atoms with Crippen molar-refractivity contribution in [3.63, 3.8) is 0 Å². The summed E-state index contributed by atoms with van der Waals surface area (Å²) in [6, 6.07) is 5.68. The molecule has 0 radical (unpaired) electrons. The van der Waals surface area contributed by atoms with Crippen LogP contribution in [0.1, 0.15) is 43.1 Å². The number of halogens is 1. The molecule has 1 aromatic carbocycles. The fraction of sp³-hybridized carbons (Fsp3) is 0.500. The third-order valence-electron chi connectivity index (χ3n) is 2.67. The summed E-state index contributed by atoms with van der Waals surface area (Å²) in [5, 5.41) is 2.96. The van der Waals surface area contributed by atoms with Crippen molar-refractivity contribution in [3.05, 3.63) is 33.8 Å². The van der Waals surface area contributed by atoms with E-state index in [2.05, 4.69) is 42.0 Å². The largest absolute Gasteiger partial charge is 0.352 e. The third-order valence-corrected chi connectivity index (χ3v) is 3.53. The molecule has 17 heavy (non-hydrogen) atoms. The number of benzene rings is 1. The van der Waals surface area contributed by atoms with Gasteiger partial charge in [-0.3, -0.25) is 4.79 Å². The van der Waals surface area contributed by atoms with Crippen molar-refractivity contribution in [2.45, 2.75) is 34.1 Å². The van der Waals surface area contributed by atoms with Crippen LogP contribution in [-0.4, -0.2) is 12.5 Å². The van der Waals surface area contributed by atoms with E-state index in [1.165, 1.54) is 0 Å². The highest BCUT2D eigenvalue weighted by atomic mass is 79.9. The van der Waals surface area contributed by atoms with Gasteiger partial charge in [-0.05, 0) is 36.5 Å². The number of nitrogens with one attached hydrogen (secondary N) is 1. The lowest BCUT2D eigenvalue weighted by atomic mass is 9.92. The Labute approximate surface area is 112 Å². The van der Waals surface area contributed by atoms with E-state index in [0.29, 0.717) is 6.54 Å². The van der Waals surface area contributed by atoms with Gasteiger partial charge in [-0.1, -0.05) is 42.8 Å². The van der Waals surface area contributed by atoms with E-state index in [1.54, 1.807) is 0 Å². The lowest BCUT2D eigenvalue weighted by Crippen LogP contribution is -2.27. The molecule has 0 aliphatic heterocycles. The Kier molecular flexibility index (Phi) is 4.75. The van der Waals surface area contributed by atoms with Crippen LogP contribution in [0, 0.1) is 12.3 Å². The van der Waals surface area contributed by atoms with Crippen molar-refractivity contribution >= 4 is 21.8 Å². The minimum absolute atomic E-state index is 0.00745. The lowest BCUT2D eigenvalue weighted by molar-refractivity contribution is 0.0949. The second kappa shape index (κ2) is 5.67. The highest BCUT2D eigenvalue weighted by Crippen LogP contribution is 2.20. The van der Waals surface area contributed by atoms with E-state index >= 15 is 0 Å². The predicted octanol–water partition coefficient (Wildman–Crippen LogP) is 3.92. The van der Waals surface area contributed by atoms with Crippen LogP contribution >= 0.6 is 15.9 Å². The number of rotatable bonds is 3. The fourth-order valence-electron chi connectivity index (χ4n) is 1.50. The van der Waals surface area contributed by atoms with Crippen LogP contribution in [0.2, 0.25) is 0 Å². The van der Waals surface area contributed by atoms with Crippen molar-refractivity contribution in [1.29, 1.82) is 0 Å². The first kappa shape index (κ1) is 14.2. The second-order valence-electron chi connectivity index (χ2n) is 5.48. The topological polar surface area (TPSA) is 29.1 Å². The maximum Gasteiger partial charge on any atom is 0.251 e. The first-order valence-corrected chi connectivity index (χ1v) is 6.64. The van der Waals surface area contributed by atoms with E-state index in [4.69, 9.17) is 0 Å². The molecule has 0 aromatic heterocycles. The van der Waals surface area contributed by atoms with Crippen molar-refractivity contribution in [1.82, 2.24) is 5.32 Å². The minimum atomic E-state index is 0.00745. The van der Waals surface area contributed by atoms with E-state index < -0.39 is 0 Å². The van der Waals surface area contributed by atoms with Gasteiger partial charge in [-0.25, -0.2) is 0 Å². The Bertz CT molecular complexity index is 407. The van der Waals surface area contributed by atoms with Crippen LogP contribution in [0.5, 0.6) is 0 Å². The monoisotopic (exact) mass is 297 g/mol. The zero-order chi connectivity index (χ0) is 13.1. The summed E-state index contributed by atoms with van der Waals surface area (Å²) in [5.74, 6) is 0.00745. The molecule has 0 spiro atoms. The van der Waals surface area contributed by atoms with Crippen molar-refractivity contribution in [2.24, 2.45) is 5.41 Å². The molecule has 0 atom stereocenters. The summed E-state index contributed by atoms with van der Waals surface area (Å²) in [4.78, 5) is 12.0. The molecule has 0 saturated carbocycles. The van der Waals surface area contributed by atoms with E-state index in [9.17, 15) is 4.79 Å². The first-order chi connectivity index (χ1) is 7.81. The number of carbonyl (C=O) groups excluding carboxylic acids is 1. The fourth-order valence-corrected chi connectivity index (χ4v) is 1.87. The molecule has 1 amide bonds. The zero-order valence-corrected chi connectivity index (χ0v) is 12.5. The SMILES string of the molecule is Cc1c(Br)cccc1C(=O)NCCC(C)(C)C. The number of amides is 1. The van der Waals surface area contributed by atoms with Gasteiger partial charge in [0.25, 0.3) is 5.91 Å². The van der Waals surface area contributed by atoms with Gasteiger partial charge in [-0.2, -0.15) is 0 Å². The minimum Gasteiger partial charge on any atom is -0.352 e. The molecular formula is C14H20BrNO. The summed E-state index contributed by atoms with van der Waals surface area (Å²) >= 11 is 3.43. The number of carbonyl (C=O) groups is 1. The Morgan fingerprint density at radius 3 is 2.59 bits per heavy atom. The standard InChI is InChI=1S/C14H20BrNO/c1-10-11(6-5-7-12(10)15)13(17)16-9-8-14(2,3)4/h5-7H,8-9H2,1-4H3,(H,16,17). The normalized spacial score (nSPS) is 11.4. The van der Waals surface area contributed by atoms with E-state index in [0.717, 1.165) is 22.0 Å². The van der Waals surface area contributed by atoms with E-state index in [-0.39, 0.29) is 11.3 Å². The highest BCUT2D eigenvalue weighted by molar-refractivity contribution is 9.10. The number of hydrogen-bond acceptors (Lipinski definition) is 1. The maximum atomic E-state index is 12.0. The average molecular weight is 298 g/mol. The molecule has 94 valence electrons. The molecular weight excluding hydrogens is 278 g/mol. The van der Waals surface area contributed by atoms with Crippen LogP contribution in [0.4, 0.5) is 0 Å². The lowest BCUT2D eigenvalue weighted by Gasteiger charge is -2.18. The Balaban J connectivity index is 2.62. The molecule has 0 aliphatic rings. The van der Waals surface area contributed by atoms with Crippen LogP contribution < -0.4 is 5.32 Å². The number of hydrogen-bond donors (Lipinski definition) is 1. The van der Waals surface area contributed by atoms with Gasteiger partial charge in [0.2, 0.25) is 0 Å². The van der Waals surface area contributed by atoms with Gasteiger partial charge < -0.3 is 5.32 Å². The molecule has 3 heteroatoms. The molecule has 1 rings (SSSR count). The summed E-state index contributed by atoms with van der Waals surface area (Å²) in [6.45, 7) is 9.17. The van der Waals surface area contributed by atoms with Crippen molar-refractivity contribution < 1.29 is 4.79 Å². The van der Waals surface area contributed by atoms with Gasteiger partial charge in [0, 0.05) is 16.6 Å². The molecule has 1 N–H and O–H groups in total. The first-order valence-electron chi connectivity index (χ1n) is 5.84. The second-order valence-corrected chi connectivity index (χ2v) is 6.33. The molecule has 0 unspecified atom stereocenters. The smallest absolute Gasteiger partial charge is 0.251 e. The van der Waals surface area contributed by atoms with Gasteiger partial charge in [-0.15, -0.1) is 0 Å². The molecule has 0 bridgehead atoms. The van der Waals surface area contributed by atoms with Crippen molar-refractivity contribution in [2.75, 3.05) is 6.54 Å². The average Bonchev–Trinajstić information content (AvgIpc) is 2.20. The van der Waals surface area contributed by atoms with Crippen LogP contribution in [0.25, 0.3) is 0 Å². The van der Waals surface area contributed by atoms with Crippen LogP contribution in [0.15, 0.2) is 22.7 Å². The van der Waals surface area contributed by atoms with Crippen molar-refractivity contribution in [3.8, 4) is 0 Å². The quantitative estimate of drug-likeness (QED) is 0.900. The summed E-state index contributed by atoms with van der Waals surface area (Å²) in [7, 11) is 0. The molecule has 0 fully saturated rings. The van der Waals surface area contributed by atoms with Gasteiger partial charge in [0.1, 0.15) is 0 Å². The Hall–Kier alpha value is -0.830. The van der Waals surface area contributed by atoms with Gasteiger partial charge >= 0.3 is 0 Å². The van der Waals surface area contributed by atoms with Gasteiger partial charge in [0.15, 0.2) is 0 Å². The predicted molar refractivity (Wildman–Crippen MR) is 75.3 cm³/mol. The third kappa shape index (κ3) is 4.50. The van der Waals surface area contributed by atoms with Crippen LogP contribution in [0.3, 0.4) is 0 Å². The van der Waals surface area contributed by atoms with Crippen LogP contribution in [-0.2, 0) is 0 Å². The molecule has 0 aliphatic carbocycles. The Morgan fingerprint density at radius 1 is 1.35 bits per heavy atom.